The maximum atomic E-state index is 13.5. The number of aliphatic hydroxyl groups is 1. The number of benzene rings is 1. The van der Waals surface area contributed by atoms with Crippen LogP contribution in [0.15, 0.2) is 35.8 Å². The molecule has 18 heavy (non-hydrogen) atoms. The molecule has 1 aromatic carbocycles. The number of hydrogen-bond acceptors (Lipinski definition) is 4. The first-order valence-corrected chi connectivity index (χ1v) is 6.54. The highest BCUT2D eigenvalue weighted by Gasteiger charge is 2.14. The Morgan fingerprint density at radius 2 is 2.22 bits per heavy atom. The number of thiazole rings is 1. The van der Waals surface area contributed by atoms with E-state index in [-0.39, 0.29) is 5.82 Å². The van der Waals surface area contributed by atoms with Gasteiger partial charge in [-0.1, -0.05) is 18.2 Å². The predicted molar refractivity (Wildman–Crippen MR) is 69.8 cm³/mol. The van der Waals surface area contributed by atoms with Crippen molar-refractivity contribution in [3.63, 3.8) is 0 Å². The zero-order valence-electron chi connectivity index (χ0n) is 10.1. The fraction of sp³-hybridized carbons (Fsp3) is 0.308. The first-order valence-electron chi connectivity index (χ1n) is 5.66. The van der Waals surface area contributed by atoms with Crippen molar-refractivity contribution < 1.29 is 9.50 Å². The summed E-state index contributed by atoms with van der Waals surface area (Å²) in [7, 11) is 1.88. The number of likely N-dealkylation sites (N-methyl/N-ethyl adjacent to an activating group) is 1. The van der Waals surface area contributed by atoms with Gasteiger partial charge in [-0.25, -0.2) is 9.37 Å². The second-order valence-electron chi connectivity index (χ2n) is 4.16. The summed E-state index contributed by atoms with van der Waals surface area (Å²) in [6, 6.07) is 6.31. The summed E-state index contributed by atoms with van der Waals surface area (Å²) in [6.07, 6.45) is 0.928. The quantitative estimate of drug-likeness (QED) is 0.903. The highest BCUT2D eigenvalue weighted by Crippen LogP contribution is 2.18. The van der Waals surface area contributed by atoms with E-state index in [1.807, 2.05) is 17.3 Å². The molecule has 0 bridgehead atoms. The Balaban J connectivity index is 1.95. The second-order valence-corrected chi connectivity index (χ2v) is 5.14. The van der Waals surface area contributed by atoms with E-state index in [1.165, 1.54) is 6.07 Å². The third kappa shape index (κ3) is 3.35. The summed E-state index contributed by atoms with van der Waals surface area (Å²) >= 11 is 1.57. The lowest BCUT2D eigenvalue weighted by molar-refractivity contribution is 0.120. The minimum absolute atomic E-state index is 0.337. The first-order chi connectivity index (χ1) is 8.66. The van der Waals surface area contributed by atoms with Crippen LogP contribution in [0.25, 0.3) is 0 Å². The van der Waals surface area contributed by atoms with Crippen molar-refractivity contribution in [2.45, 2.75) is 12.6 Å². The minimum Gasteiger partial charge on any atom is -0.387 e. The molecular formula is C13H15FN2OS. The molecule has 0 fully saturated rings. The van der Waals surface area contributed by atoms with Crippen LogP contribution in [-0.2, 0) is 6.54 Å². The van der Waals surface area contributed by atoms with Crippen LogP contribution in [0.5, 0.6) is 0 Å². The number of rotatable bonds is 5. The smallest absolute Gasteiger partial charge is 0.129 e. The molecule has 0 aliphatic rings. The summed E-state index contributed by atoms with van der Waals surface area (Å²) < 4.78 is 13.5. The Morgan fingerprint density at radius 3 is 2.89 bits per heavy atom. The molecule has 0 saturated carbocycles. The molecule has 1 heterocycles. The summed E-state index contributed by atoms with van der Waals surface area (Å²) in [5.41, 5.74) is 0.337. The lowest BCUT2D eigenvalue weighted by atomic mass is 10.1. The molecule has 5 heteroatoms. The van der Waals surface area contributed by atoms with Gasteiger partial charge in [0, 0.05) is 23.7 Å². The fourth-order valence-electron chi connectivity index (χ4n) is 1.77. The topological polar surface area (TPSA) is 36.4 Å². The Labute approximate surface area is 110 Å². The molecule has 1 N–H and O–H groups in total. The third-order valence-electron chi connectivity index (χ3n) is 2.64. The van der Waals surface area contributed by atoms with E-state index in [4.69, 9.17) is 0 Å². The molecular weight excluding hydrogens is 251 g/mol. The molecule has 0 spiro atoms. The molecule has 1 aromatic heterocycles. The zero-order chi connectivity index (χ0) is 13.0. The highest BCUT2D eigenvalue weighted by molar-refractivity contribution is 7.09. The Morgan fingerprint density at radius 1 is 1.44 bits per heavy atom. The van der Waals surface area contributed by atoms with Crippen LogP contribution >= 0.6 is 11.3 Å². The van der Waals surface area contributed by atoms with Gasteiger partial charge in [0.05, 0.1) is 12.6 Å². The molecule has 0 radical (unpaired) electrons. The van der Waals surface area contributed by atoms with Crippen LogP contribution in [0.2, 0.25) is 0 Å². The van der Waals surface area contributed by atoms with Crippen molar-refractivity contribution in [1.82, 2.24) is 9.88 Å². The lowest BCUT2D eigenvalue weighted by Gasteiger charge is -2.20. The van der Waals surface area contributed by atoms with Gasteiger partial charge in [-0.3, -0.25) is 4.90 Å². The molecule has 0 aliphatic heterocycles. The predicted octanol–water partition coefficient (Wildman–Crippen LogP) is 2.45. The van der Waals surface area contributed by atoms with Crippen molar-refractivity contribution in [2.24, 2.45) is 0 Å². The van der Waals surface area contributed by atoms with E-state index in [2.05, 4.69) is 4.98 Å². The van der Waals surface area contributed by atoms with Crippen LogP contribution in [0.1, 0.15) is 16.7 Å². The summed E-state index contributed by atoms with van der Waals surface area (Å²) in [6.45, 7) is 1.03. The van der Waals surface area contributed by atoms with Gasteiger partial charge in [0.25, 0.3) is 0 Å². The Bertz CT molecular complexity index is 489. The molecule has 1 unspecified atom stereocenters. The van der Waals surface area contributed by atoms with E-state index < -0.39 is 6.10 Å². The van der Waals surface area contributed by atoms with Gasteiger partial charge >= 0.3 is 0 Å². The molecule has 2 aromatic rings. The summed E-state index contributed by atoms with van der Waals surface area (Å²) in [5.74, 6) is -0.368. The van der Waals surface area contributed by atoms with Gasteiger partial charge in [0.1, 0.15) is 10.8 Å². The molecule has 3 nitrogen and oxygen atoms in total. The van der Waals surface area contributed by atoms with Crippen molar-refractivity contribution in [3.8, 4) is 0 Å². The SMILES string of the molecule is CN(Cc1nccs1)CC(O)c1ccccc1F. The van der Waals surface area contributed by atoms with E-state index >= 15 is 0 Å². The van der Waals surface area contributed by atoms with Gasteiger partial charge in [-0.2, -0.15) is 0 Å². The van der Waals surface area contributed by atoms with Crippen molar-refractivity contribution >= 4 is 11.3 Å². The fourth-order valence-corrected chi connectivity index (χ4v) is 2.46. The van der Waals surface area contributed by atoms with Crippen LogP contribution in [0, 0.1) is 5.82 Å². The average Bonchev–Trinajstić information content (AvgIpc) is 2.82. The van der Waals surface area contributed by atoms with E-state index in [0.29, 0.717) is 18.7 Å². The van der Waals surface area contributed by atoms with Gasteiger partial charge in [0.15, 0.2) is 0 Å². The number of aromatic nitrogens is 1. The van der Waals surface area contributed by atoms with Gasteiger partial charge in [-0.05, 0) is 13.1 Å². The van der Waals surface area contributed by atoms with Crippen molar-refractivity contribution in [1.29, 1.82) is 0 Å². The number of aliphatic hydroxyl groups excluding tert-OH is 1. The largest absolute Gasteiger partial charge is 0.387 e. The van der Waals surface area contributed by atoms with Crippen LogP contribution in [0.4, 0.5) is 4.39 Å². The normalized spacial score (nSPS) is 12.9. The standard InChI is InChI=1S/C13H15FN2OS/c1-16(9-13-15-6-7-18-13)8-12(17)10-4-2-3-5-11(10)14/h2-7,12,17H,8-9H2,1H3. The van der Waals surface area contributed by atoms with Crippen LogP contribution in [0.3, 0.4) is 0 Å². The zero-order valence-corrected chi connectivity index (χ0v) is 10.9. The molecule has 96 valence electrons. The highest BCUT2D eigenvalue weighted by atomic mass is 32.1. The van der Waals surface area contributed by atoms with Crippen molar-refractivity contribution in [2.75, 3.05) is 13.6 Å². The Hall–Kier alpha value is -1.30. The van der Waals surface area contributed by atoms with Gasteiger partial charge in [-0.15, -0.1) is 11.3 Å². The monoisotopic (exact) mass is 266 g/mol. The van der Waals surface area contributed by atoms with Crippen molar-refractivity contribution in [3.05, 3.63) is 52.2 Å². The van der Waals surface area contributed by atoms with E-state index in [9.17, 15) is 9.50 Å². The Kier molecular flexibility index (Phi) is 4.41. The van der Waals surface area contributed by atoms with Crippen LogP contribution < -0.4 is 0 Å². The third-order valence-corrected chi connectivity index (χ3v) is 3.40. The second kappa shape index (κ2) is 6.04. The average molecular weight is 266 g/mol. The maximum absolute atomic E-state index is 13.5. The number of nitrogens with zero attached hydrogens (tertiary/aromatic N) is 2. The number of hydrogen-bond donors (Lipinski definition) is 1. The van der Waals surface area contributed by atoms with Gasteiger partial charge in [0.2, 0.25) is 0 Å². The van der Waals surface area contributed by atoms with Gasteiger partial charge < -0.3 is 5.11 Å². The molecule has 1 atom stereocenters. The molecule has 0 saturated heterocycles. The summed E-state index contributed by atoms with van der Waals surface area (Å²) in [5, 5.41) is 12.9. The number of halogens is 1. The lowest BCUT2D eigenvalue weighted by Crippen LogP contribution is -2.24. The summed E-state index contributed by atoms with van der Waals surface area (Å²) in [4.78, 5) is 6.10. The molecule has 0 amide bonds. The van der Waals surface area contributed by atoms with E-state index in [1.54, 1.807) is 35.7 Å². The van der Waals surface area contributed by atoms with E-state index in [0.717, 1.165) is 5.01 Å². The minimum atomic E-state index is -0.823. The molecule has 0 aliphatic carbocycles. The molecule has 2 rings (SSSR count). The van der Waals surface area contributed by atoms with Crippen LogP contribution in [-0.4, -0.2) is 28.6 Å². The first kappa shape index (κ1) is 13.1. The maximum Gasteiger partial charge on any atom is 0.129 e.